The summed E-state index contributed by atoms with van der Waals surface area (Å²) in [6.45, 7) is 4.83. The van der Waals surface area contributed by atoms with Gasteiger partial charge in [0.15, 0.2) is 0 Å². The molecular weight excluding hydrogens is 316 g/mol. The highest BCUT2D eigenvalue weighted by Gasteiger charge is 2.26. The third-order valence-corrected chi connectivity index (χ3v) is 4.80. The van der Waals surface area contributed by atoms with Gasteiger partial charge >= 0.3 is 6.03 Å². The Balaban J connectivity index is 1.58. The van der Waals surface area contributed by atoms with Gasteiger partial charge in [0, 0.05) is 31.6 Å². The lowest BCUT2D eigenvalue weighted by molar-refractivity contribution is -0.00204. The molecule has 1 aromatic carbocycles. The molecule has 0 spiro atoms. The minimum absolute atomic E-state index is 0.0300. The fourth-order valence-corrected chi connectivity index (χ4v) is 3.32. The molecule has 0 unspecified atom stereocenters. The van der Waals surface area contributed by atoms with Crippen LogP contribution in [-0.2, 0) is 18.2 Å². The van der Waals surface area contributed by atoms with Gasteiger partial charge in [-0.3, -0.25) is 4.68 Å². The van der Waals surface area contributed by atoms with E-state index in [1.807, 2.05) is 36.0 Å². The Morgan fingerprint density at radius 1 is 1.40 bits per heavy atom. The quantitative estimate of drug-likeness (QED) is 0.895. The molecule has 6 nitrogen and oxygen atoms in total. The van der Waals surface area contributed by atoms with Gasteiger partial charge in [-0.2, -0.15) is 5.10 Å². The van der Waals surface area contributed by atoms with Crippen molar-refractivity contribution in [2.45, 2.75) is 45.3 Å². The Hall–Kier alpha value is -2.34. The summed E-state index contributed by atoms with van der Waals surface area (Å²) in [4.78, 5) is 12.3. The minimum Gasteiger partial charge on any atom is -0.372 e. The third-order valence-electron chi connectivity index (χ3n) is 4.80. The van der Waals surface area contributed by atoms with Crippen molar-refractivity contribution in [2.75, 3.05) is 11.9 Å². The molecule has 1 fully saturated rings. The number of nitrogens with one attached hydrogen (secondary N) is 2. The summed E-state index contributed by atoms with van der Waals surface area (Å²) in [5.74, 6) is 0. The molecule has 2 heterocycles. The molecule has 0 bridgehead atoms. The zero-order chi connectivity index (χ0) is 17.8. The first-order chi connectivity index (χ1) is 12.1. The van der Waals surface area contributed by atoms with Gasteiger partial charge in [0.25, 0.3) is 0 Å². The van der Waals surface area contributed by atoms with Gasteiger partial charge < -0.3 is 15.4 Å². The minimum atomic E-state index is -0.165. The smallest absolute Gasteiger partial charge is 0.319 e. The first-order valence-corrected chi connectivity index (χ1v) is 8.83. The number of carbonyl (C=O) groups is 1. The van der Waals surface area contributed by atoms with Crippen LogP contribution in [-0.4, -0.2) is 28.5 Å². The summed E-state index contributed by atoms with van der Waals surface area (Å²) in [7, 11) is 1.91. The van der Waals surface area contributed by atoms with Gasteiger partial charge in [-0.25, -0.2) is 4.79 Å². The second-order valence-electron chi connectivity index (χ2n) is 6.55. The van der Waals surface area contributed by atoms with E-state index in [0.29, 0.717) is 6.61 Å². The first kappa shape index (κ1) is 17.5. The number of urea groups is 1. The lowest BCUT2D eigenvalue weighted by Crippen LogP contribution is -2.42. The molecule has 2 amide bonds. The van der Waals surface area contributed by atoms with Gasteiger partial charge in [0.1, 0.15) is 6.10 Å². The van der Waals surface area contributed by atoms with Crippen molar-refractivity contribution in [3.63, 3.8) is 0 Å². The van der Waals surface area contributed by atoms with Crippen molar-refractivity contribution < 1.29 is 9.53 Å². The van der Waals surface area contributed by atoms with Crippen LogP contribution >= 0.6 is 0 Å². The maximum atomic E-state index is 12.3. The Bertz CT molecular complexity index is 741. The van der Waals surface area contributed by atoms with E-state index in [4.69, 9.17) is 4.74 Å². The van der Waals surface area contributed by atoms with Crippen molar-refractivity contribution in [1.29, 1.82) is 0 Å². The van der Waals surface area contributed by atoms with Gasteiger partial charge in [-0.1, -0.05) is 13.0 Å². The van der Waals surface area contributed by atoms with Gasteiger partial charge in [-0.05, 0) is 55.5 Å². The fourth-order valence-electron chi connectivity index (χ4n) is 3.32. The van der Waals surface area contributed by atoms with Crippen LogP contribution in [0.25, 0.3) is 0 Å². The van der Waals surface area contributed by atoms with Crippen LogP contribution in [0.3, 0.4) is 0 Å². The number of nitrogens with zero attached hydrogens (tertiary/aromatic N) is 2. The molecule has 25 heavy (non-hydrogen) atoms. The molecule has 6 heteroatoms. The van der Waals surface area contributed by atoms with Crippen LogP contribution in [0.15, 0.2) is 30.5 Å². The van der Waals surface area contributed by atoms with E-state index >= 15 is 0 Å². The summed E-state index contributed by atoms with van der Waals surface area (Å²) < 4.78 is 7.67. The standard InChI is InChI=1S/C19H26N4O2/c1-4-14-11-15(6-5-13(14)2)21-19(24)22-16-8-10-25-18(12-16)17-7-9-20-23(17)3/h5-7,9,11,16,18H,4,8,10,12H2,1-3H3,(H2,21,22,24)/t16-,18+/m0/s1. The second kappa shape index (κ2) is 7.70. The summed E-state index contributed by atoms with van der Waals surface area (Å²) >= 11 is 0. The monoisotopic (exact) mass is 342 g/mol. The average molecular weight is 342 g/mol. The zero-order valence-electron chi connectivity index (χ0n) is 15.1. The lowest BCUT2D eigenvalue weighted by atomic mass is 10.0. The van der Waals surface area contributed by atoms with Crippen molar-refractivity contribution >= 4 is 11.7 Å². The van der Waals surface area contributed by atoms with E-state index in [0.717, 1.165) is 30.6 Å². The van der Waals surface area contributed by atoms with E-state index in [2.05, 4.69) is 29.6 Å². The van der Waals surface area contributed by atoms with Crippen LogP contribution in [0.1, 0.15) is 42.7 Å². The third kappa shape index (κ3) is 4.20. The Morgan fingerprint density at radius 2 is 2.24 bits per heavy atom. The number of hydrogen-bond donors (Lipinski definition) is 2. The van der Waals surface area contributed by atoms with Crippen molar-refractivity contribution in [2.24, 2.45) is 7.05 Å². The van der Waals surface area contributed by atoms with Crippen LogP contribution in [0.2, 0.25) is 0 Å². The van der Waals surface area contributed by atoms with Gasteiger partial charge in [-0.15, -0.1) is 0 Å². The molecule has 0 radical (unpaired) electrons. The molecule has 1 saturated heterocycles. The van der Waals surface area contributed by atoms with E-state index in [1.54, 1.807) is 6.20 Å². The maximum Gasteiger partial charge on any atom is 0.319 e. The van der Waals surface area contributed by atoms with Crippen LogP contribution < -0.4 is 10.6 Å². The number of anilines is 1. The molecule has 2 N–H and O–H groups in total. The highest BCUT2D eigenvalue weighted by molar-refractivity contribution is 5.89. The molecule has 1 aliphatic heterocycles. The normalized spacial score (nSPS) is 20.3. The molecule has 2 aromatic rings. The number of hydrogen-bond acceptors (Lipinski definition) is 3. The molecular formula is C19H26N4O2. The Labute approximate surface area is 148 Å². The maximum absolute atomic E-state index is 12.3. The van der Waals surface area contributed by atoms with E-state index in [1.165, 1.54) is 11.1 Å². The first-order valence-electron chi connectivity index (χ1n) is 8.83. The number of ether oxygens (including phenoxy) is 1. The van der Waals surface area contributed by atoms with E-state index < -0.39 is 0 Å². The van der Waals surface area contributed by atoms with E-state index in [9.17, 15) is 4.79 Å². The highest BCUT2D eigenvalue weighted by atomic mass is 16.5. The molecule has 1 aromatic heterocycles. The molecule has 1 aliphatic rings. The van der Waals surface area contributed by atoms with Crippen molar-refractivity contribution in [1.82, 2.24) is 15.1 Å². The number of rotatable bonds is 4. The topological polar surface area (TPSA) is 68.2 Å². The average Bonchev–Trinajstić information content (AvgIpc) is 3.03. The van der Waals surface area contributed by atoms with Crippen LogP contribution in [0.5, 0.6) is 0 Å². The predicted octanol–water partition coefficient (Wildman–Crippen LogP) is 3.33. The molecule has 3 rings (SSSR count). The highest BCUT2D eigenvalue weighted by Crippen LogP contribution is 2.27. The molecule has 0 aliphatic carbocycles. The Morgan fingerprint density at radius 3 is 2.96 bits per heavy atom. The number of benzene rings is 1. The zero-order valence-corrected chi connectivity index (χ0v) is 15.1. The van der Waals surface area contributed by atoms with Gasteiger partial charge in [0.2, 0.25) is 0 Å². The molecule has 0 saturated carbocycles. The summed E-state index contributed by atoms with van der Waals surface area (Å²) in [6.07, 6.45) is 4.26. The largest absolute Gasteiger partial charge is 0.372 e. The van der Waals surface area contributed by atoms with Crippen LogP contribution in [0.4, 0.5) is 10.5 Å². The second-order valence-corrected chi connectivity index (χ2v) is 6.55. The number of amides is 2. The Kier molecular flexibility index (Phi) is 5.38. The number of aryl methyl sites for hydroxylation is 3. The number of carbonyl (C=O) groups excluding carboxylic acids is 1. The summed E-state index contributed by atoms with van der Waals surface area (Å²) in [5, 5.41) is 10.2. The van der Waals surface area contributed by atoms with Crippen molar-refractivity contribution in [3.05, 3.63) is 47.3 Å². The SMILES string of the molecule is CCc1cc(NC(=O)N[C@H]2CCO[C@@H](c3ccnn3C)C2)ccc1C. The molecule has 134 valence electrons. The lowest BCUT2D eigenvalue weighted by Gasteiger charge is -2.30. The van der Waals surface area contributed by atoms with Gasteiger partial charge in [0.05, 0.1) is 5.69 Å². The van der Waals surface area contributed by atoms with Crippen LogP contribution in [0, 0.1) is 6.92 Å². The molecule has 2 atom stereocenters. The summed E-state index contributed by atoms with van der Waals surface area (Å²) in [6, 6.07) is 7.91. The fraction of sp³-hybridized carbons (Fsp3) is 0.474. The van der Waals surface area contributed by atoms with Crippen molar-refractivity contribution in [3.8, 4) is 0 Å². The number of aromatic nitrogens is 2. The summed E-state index contributed by atoms with van der Waals surface area (Å²) in [5.41, 5.74) is 4.37. The predicted molar refractivity (Wildman–Crippen MR) is 97.6 cm³/mol. The van der Waals surface area contributed by atoms with E-state index in [-0.39, 0.29) is 18.2 Å².